The monoisotopic (exact) mass is 430 g/mol. The Bertz CT molecular complexity index is 1390. The summed E-state index contributed by atoms with van der Waals surface area (Å²) in [5, 5.41) is 13.6. The van der Waals surface area contributed by atoms with Gasteiger partial charge in [0.15, 0.2) is 0 Å². The lowest BCUT2D eigenvalue weighted by molar-refractivity contribution is 0.0952. The second kappa shape index (κ2) is 7.80. The van der Waals surface area contributed by atoms with Gasteiger partial charge in [0.25, 0.3) is 11.5 Å². The van der Waals surface area contributed by atoms with Crippen molar-refractivity contribution in [1.29, 1.82) is 0 Å². The number of carbonyl (C=O) groups is 1. The largest absolute Gasteiger partial charge is 0.373 e. The minimum absolute atomic E-state index is 0.150. The van der Waals surface area contributed by atoms with E-state index in [0.717, 1.165) is 12.8 Å². The smallest absolute Gasteiger partial charge is 0.279 e. The van der Waals surface area contributed by atoms with Crippen molar-refractivity contribution in [2.24, 2.45) is 0 Å². The zero-order valence-corrected chi connectivity index (χ0v) is 17.7. The molecule has 5 rings (SSSR count). The van der Waals surface area contributed by atoms with Crippen molar-refractivity contribution in [3.05, 3.63) is 70.7 Å². The number of pyridine rings is 2. The summed E-state index contributed by atoms with van der Waals surface area (Å²) in [6.07, 6.45) is 6.85. The number of anilines is 3. The Morgan fingerprint density at radius 3 is 2.81 bits per heavy atom. The highest BCUT2D eigenvalue weighted by Gasteiger charge is 2.25. The molecule has 1 saturated carbocycles. The van der Waals surface area contributed by atoms with E-state index in [9.17, 15) is 9.59 Å². The summed E-state index contributed by atoms with van der Waals surface area (Å²) < 4.78 is 3.13. The van der Waals surface area contributed by atoms with E-state index < -0.39 is 0 Å². The fourth-order valence-corrected chi connectivity index (χ4v) is 3.51. The summed E-state index contributed by atoms with van der Waals surface area (Å²) in [6, 6.07) is 9.03. The fourth-order valence-electron chi connectivity index (χ4n) is 3.51. The molecule has 0 aromatic carbocycles. The van der Waals surface area contributed by atoms with Gasteiger partial charge in [-0.05, 0) is 44.0 Å². The zero-order chi connectivity index (χ0) is 22.2. The molecule has 3 N–H and O–H groups in total. The van der Waals surface area contributed by atoms with Crippen molar-refractivity contribution in [1.82, 2.24) is 29.5 Å². The number of nitrogens with zero attached hydrogens (tertiary/aromatic N) is 5. The molecule has 10 heteroatoms. The molecular formula is C22H22N8O2. The molecule has 1 aliphatic carbocycles. The maximum absolute atomic E-state index is 13.1. The van der Waals surface area contributed by atoms with E-state index in [-0.39, 0.29) is 17.5 Å². The highest BCUT2D eigenvalue weighted by Crippen LogP contribution is 2.25. The van der Waals surface area contributed by atoms with Crippen LogP contribution in [0.5, 0.6) is 0 Å². The van der Waals surface area contributed by atoms with Crippen LogP contribution in [0.3, 0.4) is 0 Å². The number of nitrogens with one attached hydrogen (secondary N) is 3. The predicted molar refractivity (Wildman–Crippen MR) is 121 cm³/mol. The van der Waals surface area contributed by atoms with Crippen LogP contribution in [0.25, 0.3) is 11.3 Å². The van der Waals surface area contributed by atoms with Gasteiger partial charge >= 0.3 is 0 Å². The van der Waals surface area contributed by atoms with Crippen LogP contribution < -0.4 is 21.5 Å². The van der Waals surface area contributed by atoms with Crippen LogP contribution >= 0.6 is 0 Å². The number of aromatic nitrogens is 5. The Morgan fingerprint density at radius 2 is 2.06 bits per heavy atom. The third-order valence-electron chi connectivity index (χ3n) is 5.27. The van der Waals surface area contributed by atoms with Gasteiger partial charge in [0, 0.05) is 37.2 Å². The van der Waals surface area contributed by atoms with E-state index in [1.807, 2.05) is 6.07 Å². The Hall–Kier alpha value is -4.21. The molecule has 4 heterocycles. The first-order chi connectivity index (χ1) is 15.5. The van der Waals surface area contributed by atoms with E-state index in [1.54, 1.807) is 61.3 Å². The Balaban J connectivity index is 1.53. The fraction of sp³-hybridized carbons (Fsp3) is 0.227. The summed E-state index contributed by atoms with van der Waals surface area (Å²) in [7, 11) is 1.77. The van der Waals surface area contributed by atoms with E-state index in [1.165, 1.54) is 4.57 Å². The van der Waals surface area contributed by atoms with Gasteiger partial charge in [-0.3, -0.25) is 14.2 Å². The minimum atomic E-state index is -0.253. The number of rotatable bonds is 6. The molecule has 1 fully saturated rings. The summed E-state index contributed by atoms with van der Waals surface area (Å²) in [6.45, 7) is 1.77. The summed E-state index contributed by atoms with van der Waals surface area (Å²) in [5.74, 6) is 1.60. The van der Waals surface area contributed by atoms with E-state index in [0.29, 0.717) is 39.9 Å². The molecule has 0 atom stereocenters. The molecule has 1 aliphatic rings. The molecule has 1 amide bonds. The van der Waals surface area contributed by atoms with Crippen LogP contribution in [-0.4, -0.2) is 43.1 Å². The molecule has 4 aromatic rings. The standard InChI is InChI=1S/C22H22N8O2/c1-13-24-8-7-19(26-13)29-9-3-4-17(22(29)32)27-15-10-18-16(21(31)28-14-5-6-14)12-25-30(18)20(11-15)23-2/h3-4,7-12,14,23,27H,5-6H2,1-2H3,(H,28,31). The van der Waals surface area contributed by atoms with Gasteiger partial charge in [0.1, 0.15) is 23.1 Å². The van der Waals surface area contributed by atoms with E-state index >= 15 is 0 Å². The van der Waals surface area contributed by atoms with Crippen LogP contribution in [0, 0.1) is 6.92 Å². The van der Waals surface area contributed by atoms with Crippen molar-refractivity contribution in [3.63, 3.8) is 0 Å². The number of carbonyl (C=O) groups excluding carboxylic acids is 1. The predicted octanol–water partition coefficient (Wildman–Crippen LogP) is 2.26. The van der Waals surface area contributed by atoms with E-state index in [4.69, 9.17) is 0 Å². The summed E-state index contributed by atoms with van der Waals surface area (Å²) >= 11 is 0. The van der Waals surface area contributed by atoms with Crippen LogP contribution in [0.2, 0.25) is 0 Å². The SMILES string of the molecule is CNc1cc(Nc2cccn(-c3ccnc(C)n3)c2=O)cc2c(C(=O)NC3CC3)cnn12. The maximum atomic E-state index is 13.1. The van der Waals surface area contributed by atoms with Gasteiger partial charge in [-0.25, -0.2) is 14.5 Å². The average Bonchev–Trinajstić information content (AvgIpc) is 3.49. The first-order valence-electron chi connectivity index (χ1n) is 10.3. The van der Waals surface area contributed by atoms with Gasteiger partial charge in [0.05, 0.1) is 17.3 Å². The van der Waals surface area contributed by atoms with Gasteiger partial charge in [-0.15, -0.1) is 0 Å². The first-order valence-corrected chi connectivity index (χ1v) is 10.3. The number of aryl methyl sites for hydroxylation is 1. The molecular weight excluding hydrogens is 408 g/mol. The summed E-state index contributed by atoms with van der Waals surface area (Å²) in [5.41, 5.74) is 1.89. The van der Waals surface area contributed by atoms with Crippen molar-refractivity contribution in [2.75, 3.05) is 17.7 Å². The lowest BCUT2D eigenvalue weighted by atomic mass is 10.2. The molecule has 0 unspecified atom stereocenters. The normalized spacial score (nSPS) is 13.2. The van der Waals surface area contributed by atoms with Crippen LogP contribution in [-0.2, 0) is 0 Å². The topological polar surface area (TPSA) is 118 Å². The van der Waals surface area contributed by atoms with Crippen molar-refractivity contribution in [3.8, 4) is 5.82 Å². The molecule has 10 nitrogen and oxygen atoms in total. The van der Waals surface area contributed by atoms with Gasteiger partial charge in [-0.1, -0.05) is 0 Å². The summed E-state index contributed by atoms with van der Waals surface area (Å²) in [4.78, 5) is 34.2. The third-order valence-corrected chi connectivity index (χ3v) is 5.27. The van der Waals surface area contributed by atoms with Gasteiger partial charge in [-0.2, -0.15) is 5.10 Å². The lowest BCUT2D eigenvalue weighted by Gasteiger charge is -2.12. The molecule has 0 spiro atoms. The Morgan fingerprint density at radius 1 is 1.22 bits per heavy atom. The maximum Gasteiger partial charge on any atom is 0.279 e. The van der Waals surface area contributed by atoms with Gasteiger partial charge in [0.2, 0.25) is 0 Å². The second-order valence-electron chi connectivity index (χ2n) is 7.67. The lowest BCUT2D eigenvalue weighted by Crippen LogP contribution is -2.25. The highest BCUT2D eigenvalue weighted by molar-refractivity contribution is 6.01. The first kappa shape index (κ1) is 19.7. The number of amides is 1. The van der Waals surface area contributed by atoms with Crippen molar-refractivity contribution >= 4 is 28.6 Å². The molecule has 4 aromatic heterocycles. The molecule has 32 heavy (non-hydrogen) atoms. The molecule has 0 aliphatic heterocycles. The minimum Gasteiger partial charge on any atom is -0.373 e. The highest BCUT2D eigenvalue weighted by atomic mass is 16.2. The number of hydrogen-bond donors (Lipinski definition) is 3. The molecule has 0 saturated heterocycles. The Labute approximate surface area is 183 Å². The third kappa shape index (κ3) is 3.66. The quantitative estimate of drug-likeness (QED) is 0.429. The number of fused-ring (bicyclic) bond motifs is 1. The van der Waals surface area contributed by atoms with Crippen LogP contribution in [0.1, 0.15) is 29.0 Å². The van der Waals surface area contributed by atoms with Crippen LogP contribution in [0.15, 0.2) is 53.7 Å². The Kier molecular flexibility index (Phi) is 4.81. The molecule has 0 bridgehead atoms. The van der Waals surface area contributed by atoms with Crippen molar-refractivity contribution < 1.29 is 4.79 Å². The van der Waals surface area contributed by atoms with Crippen LogP contribution in [0.4, 0.5) is 17.2 Å². The van der Waals surface area contributed by atoms with Gasteiger partial charge < -0.3 is 16.0 Å². The second-order valence-corrected chi connectivity index (χ2v) is 7.67. The number of hydrogen-bond acceptors (Lipinski definition) is 7. The molecule has 162 valence electrons. The zero-order valence-electron chi connectivity index (χ0n) is 17.7. The molecule has 0 radical (unpaired) electrons. The average molecular weight is 430 g/mol. The van der Waals surface area contributed by atoms with E-state index in [2.05, 4.69) is 31.0 Å². The van der Waals surface area contributed by atoms with Crippen molar-refractivity contribution in [2.45, 2.75) is 25.8 Å².